The first-order valence-electron chi connectivity index (χ1n) is 7.12. The smallest absolute Gasteiger partial charge is 0.235 e. The van der Waals surface area contributed by atoms with Crippen molar-refractivity contribution in [2.45, 2.75) is 6.92 Å². The number of fused-ring (bicyclic) bond motifs is 1. The van der Waals surface area contributed by atoms with Gasteiger partial charge in [-0.1, -0.05) is 67.3 Å². The number of hydrogen-bond donors (Lipinski definition) is 1. The first-order valence-corrected chi connectivity index (χ1v) is 7.12. The summed E-state index contributed by atoms with van der Waals surface area (Å²) in [5, 5.41) is 10.3. The number of allylic oxidation sites excluding steroid dienone is 2. The highest BCUT2D eigenvalue weighted by atomic mass is 16.4. The molecule has 0 amide bonds. The van der Waals surface area contributed by atoms with Gasteiger partial charge in [-0.2, -0.15) is 0 Å². The van der Waals surface area contributed by atoms with E-state index in [0.29, 0.717) is 16.5 Å². The number of aromatic hydroxyl groups is 1. The Morgan fingerprint density at radius 1 is 1.09 bits per heavy atom. The quantitative estimate of drug-likeness (QED) is 0.684. The lowest BCUT2D eigenvalue weighted by Crippen LogP contribution is -2.02. The van der Waals surface area contributed by atoms with Crippen molar-refractivity contribution in [1.82, 2.24) is 0 Å². The number of para-hydroxylation sites is 1. The number of hydrogen-bond acceptors (Lipinski definition) is 3. The zero-order valence-electron chi connectivity index (χ0n) is 13.0. The molecule has 0 aliphatic heterocycles. The summed E-state index contributed by atoms with van der Waals surface area (Å²) in [6.07, 6.45) is 1.72. The molecule has 0 spiro atoms. The third-order valence-electron chi connectivity index (χ3n) is 3.16. The molecule has 0 saturated heterocycles. The van der Waals surface area contributed by atoms with Gasteiger partial charge in [0, 0.05) is 5.56 Å². The van der Waals surface area contributed by atoms with Crippen LogP contribution in [0.15, 0.2) is 88.6 Å². The minimum absolute atomic E-state index is 0.208. The van der Waals surface area contributed by atoms with Crippen molar-refractivity contribution in [3.05, 3.63) is 89.6 Å². The van der Waals surface area contributed by atoms with Crippen molar-refractivity contribution in [2.24, 2.45) is 0 Å². The molecule has 3 rings (SSSR count). The van der Waals surface area contributed by atoms with Gasteiger partial charge in [-0.25, -0.2) is 0 Å². The average molecular weight is 306 g/mol. The fraction of sp³-hybridized carbons (Fsp3) is 0.0500. The lowest BCUT2D eigenvalue weighted by molar-refractivity contribution is 0.449. The standard InChI is InChI=1S/C15H10O3.C5H8/c16-13-11-8-4-5-9-12(11)18-15(14(13)17)10-6-2-1-3-7-10;1-4-5(2)3/h1-9,17H;4H,1-2H2,3H3. The Morgan fingerprint density at radius 3 is 2.26 bits per heavy atom. The summed E-state index contributed by atoms with van der Waals surface area (Å²) in [5.74, 6) is -0.140. The molecule has 3 heteroatoms. The summed E-state index contributed by atoms with van der Waals surface area (Å²) in [6.45, 7) is 8.93. The van der Waals surface area contributed by atoms with Crippen molar-refractivity contribution in [3.63, 3.8) is 0 Å². The summed E-state index contributed by atoms with van der Waals surface area (Å²) in [7, 11) is 0. The number of benzene rings is 2. The van der Waals surface area contributed by atoms with Crippen LogP contribution in [0.25, 0.3) is 22.3 Å². The number of rotatable bonds is 2. The van der Waals surface area contributed by atoms with Crippen molar-refractivity contribution < 1.29 is 9.52 Å². The van der Waals surface area contributed by atoms with Crippen molar-refractivity contribution in [2.75, 3.05) is 0 Å². The molecule has 0 saturated carbocycles. The summed E-state index contributed by atoms with van der Waals surface area (Å²) >= 11 is 0. The lowest BCUT2D eigenvalue weighted by atomic mass is 10.1. The minimum atomic E-state index is -0.407. The molecule has 23 heavy (non-hydrogen) atoms. The highest BCUT2D eigenvalue weighted by Crippen LogP contribution is 2.29. The van der Waals surface area contributed by atoms with Gasteiger partial charge in [0.05, 0.1) is 5.39 Å². The zero-order chi connectivity index (χ0) is 16.8. The monoisotopic (exact) mass is 306 g/mol. The topological polar surface area (TPSA) is 50.4 Å². The Morgan fingerprint density at radius 2 is 1.65 bits per heavy atom. The Bertz CT molecular complexity index is 890. The molecular formula is C20H18O3. The van der Waals surface area contributed by atoms with Crippen LogP contribution in [0.2, 0.25) is 0 Å². The van der Waals surface area contributed by atoms with Crippen LogP contribution in [0.4, 0.5) is 0 Å². The van der Waals surface area contributed by atoms with E-state index < -0.39 is 5.43 Å². The summed E-state index contributed by atoms with van der Waals surface area (Å²) in [6, 6.07) is 15.9. The van der Waals surface area contributed by atoms with Crippen LogP contribution >= 0.6 is 0 Å². The molecule has 2 aromatic carbocycles. The fourth-order valence-electron chi connectivity index (χ4n) is 1.92. The molecule has 0 aliphatic carbocycles. The molecule has 0 radical (unpaired) electrons. The van der Waals surface area contributed by atoms with Gasteiger partial charge >= 0.3 is 0 Å². The Hall–Kier alpha value is -3.07. The second-order valence-corrected chi connectivity index (χ2v) is 5.02. The summed E-state index contributed by atoms with van der Waals surface area (Å²) in [4.78, 5) is 12.0. The van der Waals surface area contributed by atoms with E-state index in [1.165, 1.54) is 0 Å². The summed E-state index contributed by atoms with van der Waals surface area (Å²) < 4.78 is 5.61. The van der Waals surface area contributed by atoms with Crippen molar-refractivity contribution in [1.29, 1.82) is 0 Å². The molecule has 3 aromatic rings. The van der Waals surface area contributed by atoms with E-state index in [4.69, 9.17) is 4.42 Å². The van der Waals surface area contributed by atoms with Gasteiger partial charge in [0.25, 0.3) is 0 Å². The lowest BCUT2D eigenvalue weighted by Gasteiger charge is -2.05. The van der Waals surface area contributed by atoms with Crippen molar-refractivity contribution in [3.8, 4) is 17.1 Å². The van der Waals surface area contributed by atoms with Crippen LogP contribution in [0.5, 0.6) is 5.75 Å². The molecule has 3 nitrogen and oxygen atoms in total. The predicted octanol–water partition coefficient (Wildman–Crippen LogP) is 4.91. The van der Waals surface area contributed by atoms with Crippen LogP contribution in [-0.4, -0.2) is 5.11 Å². The van der Waals surface area contributed by atoms with E-state index in [-0.39, 0.29) is 11.5 Å². The van der Waals surface area contributed by atoms with Gasteiger partial charge in [0.15, 0.2) is 5.76 Å². The average Bonchev–Trinajstić information content (AvgIpc) is 2.59. The van der Waals surface area contributed by atoms with Crippen LogP contribution in [-0.2, 0) is 0 Å². The van der Waals surface area contributed by atoms with Crippen LogP contribution < -0.4 is 5.43 Å². The van der Waals surface area contributed by atoms with E-state index in [2.05, 4.69) is 13.2 Å². The molecule has 0 aliphatic rings. The third kappa shape index (κ3) is 3.77. The van der Waals surface area contributed by atoms with Gasteiger partial charge in [0.1, 0.15) is 5.58 Å². The van der Waals surface area contributed by atoms with Crippen LogP contribution in [0, 0.1) is 0 Å². The summed E-state index contributed by atoms with van der Waals surface area (Å²) in [5.41, 5.74) is 1.76. The Balaban J connectivity index is 0.000000338. The SMILES string of the molecule is C=CC(=C)C.O=c1c(O)c(-c2ccccc2)oc2ccccc12. The molecule has 116 valence electrons. The molecule has 1 aromatic heterocycles. The van der Waals surface area contributed by atoms with Gasteiger partial charge in [-0.15, -0.1) is 0 Å². The molecule has 0 atom stereocenters. The maximum atomic E-state index is 12.0. The van der Waals surface area contributed by atoms with Gasteiger partial charge < -0.3 is 9.52 Å². The van der Waals surface area contributed by atoms with E-state index in [1.807, 2.05) is 25.1 Å². The highest BCUT2D eigenvalue weighted by molar-refractivity contribution is 5.81. The Kier molecular flexibility index (Phi) is 5.15. The zero-order valence-corrected chi connectivity index (χ0v) is 13.0. The molecule has 1 N–H and O–H groups in total. The van der Waals surface area contributed by atoms with Gasteiger partial charge in [-0.05, 0) is 19.1 Å². The minimum Gasteiger partial charge on any atom is -0.502 e. The molecule has 0 unspecified atom stereocenters. The van der Waals surface area contributed by atoms with E-state index in [1.54, 1.807) is 42.5 Å². The maximum absolute atomic E-state index is 12.0. The first kappa shape index (κ1) is 16.3. The third-order valence-corrected chi connectivity index (χ3v) is 3.16. The molecule has 0 fully saturated rings. The van der Waals surface area contributed by atoms with Crippen molar-refractivity contribution >= 4 is 11.0 Å². The van der Waals surface area contributed by atoms with E-state index in [9.17, 15) is 9.90 Å². The molecule has 1 heterocycles. The van der Waals surface area contributed by atoms with Gasteiger partial charge in [-0.3, -0.25) is 4.79 Å². The molecular weight excluding hydrogens is 288 g/mol. The molecule has 0 bridgehead atoms. The normalized spacial score (nSPS) is 9.78. The highest BCUT2D eigenvalue weighted by Gasteiger charge is 2.14. The van der Waals surface area contributed by atoms with Gasteiger partial charge in [0.2, 0.25) is 11.2 Å². The van der Waals surface area contributed by atoms with E-state index >= 15 is 0 Å². The second-order valence-electron chi connectivity index (χ2n) is 5.02. The van der Waals surface area contributed by atoms with Crippen LogP contribution in [0.1, 0.15) is 6.92 Å². The second kappa shape index (κ2) is 7.27. The first-order chi connectivity index (χ1) is 11.0. The fourth-order valence-corrected chi connectivity index (χ4v) is 1.92. The van der Waals surface area contributed by atoms with Crippen LogP contribution in [0.3, 0.4) is 0 Å². The maximum Gasteiger partial charge on any atom is 0.235 e. The largest absolute Gasteiger partial charge is 0.502 e. The predicted molar refractivity (Wildman–Crippen MR) is 94.6 cm³/mol. The van der Waals surface area contributed by atoms with E-state index in [0.717, 1.165) is 5.57 Å². The Labute approximate surface area is 134 Å².